The highest BCUT2D eigenvalue weighted by molar-refractivity contribution is 5.78. The van der Waals surface area contributed by atoms with E-state index in [9.17, 15) is 4.79 Å². The van der Waals surface area contributed by atoms with E-state index in [0.29, 0.717) is 0 Å². The van der Waals surface area contributed by atoms with Crippen molar-refractivity contribution in [3.8, 4) is 18.4 Å². The third-order valence-electron chi connectivity index (χ3n) is 1.14. The van der Waals surface area contributed by atoms with Crippen LogP contribution < -0.4 is 5.32 Å². The van der Waals surface area contributed by atoms with Crippen molar-refractivity contribution in [2.45, 2.75) is 0 Å². The molecule has 64 valence electrons. The summed E-state index contributed by atoms with van der Waals surface area (Å²) in [4.78, 5) is 12.5. The molecule has 1 N–H and O–H groups in total. The first-order valence-electron chi connectivity index (χ1n) is 3.46. The van der Waals surface area contributed by atoms with Gasteiger partial charge in [-0.3, -0.25) is 9.69 Å². The lowest BCUT2D eigenvalue weighted by Crippen LogP contribution is -2.35. The highest BCUT2D eigenvalue weighted by Gasteiger charge is 2.03. The molecular weight excluding hydrogens is 154 g/mol. The molecule has 0 aromatic rings. The number of terminal acetylenes is 1. The average Bonchev–Trinajstić information content (AvgIpc) is 2.01. The Kier molecular flexibility index (Phi) is 5.42. The Morgan fingerprint density at radius 3 is 2.92 bits per heavy atom. The summed E-state index contributed by atoms with van der Waals surface area (Å²) in [6, 6.07) is 1.93. The normalized spacial score (nSPS) is 8.67. The van der Waals surface area contributed by atoms with Crippen LogP contribution in [0.15, 0.2) is 0 Å². The van der Waals surface area contributed by atoms with Crippen LogP contribution in [0.3, 0.4) is 0 Å². The molecule has 0 bridgehead atoms. The maximum absolute atomic E-state index is 10.9. The number of amides is 1. The molecule has 0 saturated carbocycles. The number of rotatable bonds is 4. The van der Waals surface area contributed by atoms with Crippen molar-refractivity contribution in [1.29, 1.82) is 5.26 Å². The number of carbonyl (C=O) groups is 1. The highest BCUT2D eigenvalue weighted by Crippen LogP contribution is 1.79. The molecule has 0 aromatic heterocycles. The zero-order chi connectivity index (χ0) is 9.40. The van der Waals surface area contributed by atoms with Crippen LogP contribution in [0.25, 0.3) is 0 Å². The Morgan fingerprint density at radius 1 is 1.75 bits per heavy atom. The summed E-state index contributed by atoms with van der Waals surface area (Å²) in [5, 5.41) is 10.8. The second-order valence-corrected chi connectivity index (χ2v) is 2.31. The molecule has 0 atom stereocenters. The number of hydrogen-bond donors (Lipinski definition) is 1. The first-order chi connectivity index (χ1) is 5.70. The van der Waals surface area contributed by atoms with Gasteiger partial charge >= 0.3 is 0 Å². The van der Waals surface area contributed by atoms with Crippen LogP contribution in [0.2, 0.25) is 0 Å². The maximum atomic E-state index is 10.9. The summed E-state index contributed by atoms with van der Waals surface area (Å²) in [6.07, 6.45) is 4.94. The van der Waals surface area contributed by atoms with E-state index in [-0.39, 0.29) is 25.5 Å². The van der Waals surface area contributed by atoms with Crippen molar-refractivity contribution in [2.75, 3.05) is 26.7 Å². The summed E-state index contributed by atoms with van der Waals surface area (Å²) in [6.45, 7) is 0.679. The number of nitrogens with one attached hydrogen (secondary N) is 1. The Hall–Kier alpha value is -1.52. The number of likely N-dealkylation sites (N-methyl/N-ethyl adjacent to an activating group) is 1. The van der Waals surface area contributed by atoms with Crippen molar-refractivity contribution in [2.24, 2.45) is 0 Å². The fraction of sp³-hybridized carbons (Fsp3) is 0.500. The van der Waals surface area contributed by atoms with Gasteiger partial charge in [-0.25, -0.2) is 0 Å². The Bertz CT molecular complexity index is 223. The molecule has 0 aliphatic carbocycles. The van der Waals surface area contributed by atoms with Gasteiger partial charge in [-0.2, -0.15) is 5.26 Å². The zero-order valence-corrected chi connectivity index (χ0v) is 7.00. The minimum atomic E-state index is -0.161. The van der Waals surface area contributed by atoms with E-state index in [0.717, 1.165) is 0 Å². The van der Waals surface area contributed by atoms with Gasteiger partial charge < -0.3 is 5.32 Å². The minimum Gasteiger partial charge on any atom is -0.344 e. The largest absolute Gasteiger partial charge is 0.344 e. The van der Waals surface area contributed by atoms with Crippen molar-refractivity contribution >= 4 is 5.91 Å². The average molecular weight is 165 g/mol. The molecule has 0 unspecified atom stereocenters. The molecular formula is C8H11N3O. The summed E-state index contributed by atoms with van der Waals surface area (Å²) in [5.74, 6) is 2.13. The molecule has 0 aliphatic rings. The maximum Gasteiger partial charge on any atom is 0.234 e. The number of nitrogens with zero attached hydrogens (tertiary/aromatic N) is 2. The third-order valence-corrected chi connectivity index (χ3v) is 1.14. The fourth-order valence-electron chi connectivity index (χ4n) is 0.627. The smallest absolute Gasteiger partial charge is 0.234 e. The Labute approximate surface area is 72.2 Å². The summed E-state index contributed by atoms with van der Waals surface area (Å²) >= 11 is 0. The quantitative estimate of drug-likeness (QED) is 0.438. The van der Waals surface area contributed by atoms with E-state index >= 15 is 0 Å². The van der Waals surface area contributed by atoms with Crippen molar-refractivity contribution in [1.82, 2.24) is 10.2 Å². The number of nitriles is 1. The molecule has 1 amide bonds. The van der Waals surface area contributed by atoms with Gasteiger partial charge in [0.05, 0.1) is 25.7 Å². The Balaban J connectivity index is 3.57. The molecule has 0 heterocycles. The summed E-state index contributed by atoms with van der Waals surface area (Å²) in [7, 11) is 1.69. The summed E-state index contributed by atoms with van der Waals surface area (Å²) < 4.78 is 0. The highest BCUT2D eigenvalue weighted by atomic mass is 16.1. The first-order valence-corrected chi connectivity index (χ1v) is 3.46. The number of carbonyl (C=O) groups excluding carboxylic acids is 1. The van der Waals surface area contributed by atoms with E-state index < -0.39 is 0 Å². The minimum absolute atomic E-state index is 0.161. The van der Waals surface area contributed by atoms with E-state index in [2.05, 4.69) is 11.2 Å². The van der Waals surface area contributed by atoms with Gasteiger partial charge in [0.1, 0.15) is 0 Å². The van der Waals surface area contributed by atoms with Gasteiger partial charge in [-0.1, -0.05) is 5.92 Å². The van der Waals surface area contributed by atoms with Crippen LogP contribution in [0.4, 0.5) is 0 Å². The van der Waals surface area contributed by atoms with Crippen LogP contribution in [0.1, 0.15) is 0 Å². The van der Waals surface area contributed by atoms with Gasteiger partial charge in [-0.05, 0) is 7.05 Å². The number of hydrogen-bond acceptors (Lipinski definition) is 3. The van der Waals surface area contributed by atoms with Crippen LogP contribution in [-0.2, 0) is 4.79 Å². The molecule has 0 aromatic carbocycles. The summed E-state index contributed by atoms with van der Waals surface area (Å²) in [5.41, 5.74) is 0. The van der Waals surface area contributed by atoms with Gasteiger partial charge in [0.25, 0.3) is 0 Å². The lowest BCUT2D eigenvalue weighted by molar-refractivity contribution is -0.121. The van der Waals surface area contributed by atoms with Crippen LogP contribution in [-0.4, -0.2) is 37.5 Å². The lowest BCUT2D eigenvalue weighted by atomic mass is 10.5. The molecule has 0 saturated heterocycles. The van der Waals surface area contributed by atoms with E-state index in [1.807, 2.05) is 6.07 Å². The van der Waals surface area contributed by atoms with Gasteiger partial charge in [0.15, 0.2) is 0 Å². The van der Waals surface area contributed by atoms with E-state index in [4.69, 9.17) is 11.7 Å². The Morgan fingerprint density at radius 2 is 2.42 bits per heavy atom. The molecule has 0 aliphatic heterocycles. The predicted octanol–water partition coefficient (Wildman–Crippen LogP) is -0.809. The molecule has 4 heteroatoms. The van der Waals surface area contributed by atoms with Crippen LogP contribution in [0.5, 0.6) is 0 Å². The van der Waals surface area contributed by atoms with Crippen LogP contribution >= 0.6 is 0 Å². The first kappa shape index (κ1) is 10.5. The predicted molar refractivity (Wildman–Crippen MR) is 45.0 cm³/mol. The van der Waals surface area contributed by atoms with Crippen LogP contribution in [0, 0.1) is 23.7 Å². The molecule has 0 rings (SSSR count). The zero-order valence-electron chi connectivity index (χ0n) is 7.00. The fourth-order valence-corrected chi connectivity index (χ4v) is 0.627. The second-order valence-electron chi connectivity index (χ2n) is 2.31. The molecule has 0 fully saturated rings. The standard InChI is InChI=1S/C8H11N3O/c1-3-5-10-8(12)7-11(2)6-4-9/h1H,5-7H2,2H3,(H,10,12). The molecule has 12 heavy (non-hydrogen) atoms. The third kappa shape index (κ3) is 5.28. The van der Waals surface area contributed by atoms with Crippen molar-refractivity contribution in [3.63, 3.8) is 0 Å². The SMILES string of the molecule is C#CCNC(=O)CN(C)CC#N. The van der Waals surface area contributed by atoms with Crippen molar-refractivity contribution < 1.29 is 4.79 Å². The molecule has 0 spiro atoms. The monoisotopic (exact) mass is 165 g/mol. The van der Waals surface area contributed by atoms with E-state index in [1.54, 1.807) is 11.9 Å². The van der Waals surface area contributed by atoms with Crippen molar-refractivity contribution in [3.05, 3.63) is 0 Å². The molecule has 0 radical (unpaired) electrons. The van der Waals surface area contributed by atoms with Gasteiger partial charge in [-0.15, -0.1) is 6.42 Å². The second kappa shape index (κ2) is 6.21. The van der Waals surface area contributed by atoms with E-state index in [1.165, 1.54) is 0 Å². The van der Waals surface area contributed by atoms with Gasteiger partial charge in [0, 0.05) is 0 Å². The molecule has 4 nitrogen and oxygen atoms in total. The topological polar surface area (TPSA) is 56.1 Å². The lowest BCUT2D eigenvalue weighted by Gasteiger charge is -2.10. The van der Waals surface area contributed by atoms with Gasteiger partial charge in [0.2, 0.25) is 5.91 Å².